The molecule has 0 unspecified atom stereocenters. The van der Waals surface area contributed by atoms with Gasteiger partial charge < -0.3 is 10.1 Å². The normalized spacial score (nSPS) is 12.1. The SMILES string of the molecule is FC(F)(F)COc1nc(Cl)nc(Nc2cccc(C(F)(F)F)c2)n1. The summed E-state index contributed by atoms with van der Waals surface area (Å²) in [4.78, 5) is 10.4. The van der Waals surface area contributed by atoms with Crippen LogP contribution >= 0.6 is 11.6 Å². The van der Waals surface area contributed by atoms with Crippen molar-refractivity contribution in [2.24, 2.45) is 0 Å². The highest BCUT2D eigenvalue weighted by atomic mass is 35.5. The molecule has 0 aliphatic heterocycles. The largest absolute Gasteiger partial charge is 0.454 e. The molecule has 1 aromatic heterocycles. The first-order valence-electron chi connectivity index (χ1n) is 6.08. The number of hydrogen-bond donors (Lipinski definition) is 1. The third kappa shape index (κ3) is 5.41. The monoisotopic (exact) mass is 372 g/mol. The van der Waals surface area contributed by atoms with Gasteiger partial charge in [-0.1, -0.05) is 6.07 Å². The molecule has 0 fully saturated rings. The van der Waals surface area contributed by atoms with Gasteiger partial charge in [0.1, 0.15) is 0 Å². The second-order valence-electron chi connectivity index (χ2n) is 4.32. The fourth-order valence-electron chi connectivity index (χ4n) is 1.50. The standard InChI is InChI=1S/C12H7ClF6N4O/c13-8-21-9(23-10(22-8)24-5-11(14,15)16)20-7-3-1-2-6(4-7)12(17,18)19/h1-4H,5H2,(H,20,21,22,23). The van der Waals surface area contributed by atoms with Crippen molar-refractivity contribution in [1.29, 1.82) is 0 Å². The Hall–Kier alpha value is -2.30. The van der Waals surface area contributed by atoms with Crippen molar-refractivity contribution in [1.82, 2.24) is 15.0 Å². The van der Waals surface area contributed by atoms with E-state index in [2.05, 4.69) is 25.0 Å². The van der Waals surface area contributed by atoms with Crippen molar-refractivity contribution in [3.05, 3.63) is 35.1 Å². The zero-order valence-corrected chi connectivity index (χ0v) is 12.2. The quantitative estimate of drug-likeness (QED) is 0.814. The predicted molar refractivity (Wildman–Crippen MR) is 71.1 cm³/mol. The average Bonchev–Trinajstić information content (AvgIpc) is 2.43. The molecule has 0 saturated heterocycles. The molecular formula is C12H7ClF6N4O. The molecule has 0 atom stereocenters. The molecule has 0 saturated carbocycles. The van der Waals surface area contributed by atoms with Gasteiger partial charge in [-0.3, -0.25) is 0 Å². The van der Waals surface area contributed by atoms with Gasteiger partial charge in [-0.2, -0.15) is 41.3 Å². The number of anilines is 2. The van der Waals surface area contributed by atoms with Gasteiger partial charge in [0.05, 0.1) is 5.56 Å². The van der Waals surface area contributed by atoms with E-state index in [1.165, 1.54) is 6.07 Å². The van der Waals surface area contributed by atoms with E-state index in [1.807, 2.05) is 0 Å². The molecule has 2 aromatic rings. The molecule has 1 aromatic carbocycles. The third-order valence-corrected chi connectivity index (χ3v) is 2.57. The lowest BCUT2D eigenvalue weighted by Crippen LogP contribution is -2.20. The topological polar surface area (TPSA) is 59.9 Å². The van der Waals surface area contributed by atoms with E-state index in [-0.39, 0.29) is 11.6 Å². The van der Waals surface area contributed by atoms with Gasteiger partial charge in [0.15, 0.2) is 6.61 Å². The van der Waals surface area contributed by atoms with Crippen LogP contribution in [0.1, 0.15) is 5.56 Å². The highest BCUT2D eigenvalue weighted by Crippen LogP contribution is 2.31. The van der Waals surface area contributed by atoms with E-state index < -0.39 is 35.8 Å². The minimum absolute atomic E-state index is 0.0473. The van der Waals surface area contributed by atoms with Crippen LogP contribution in [0.5, 0.6) is 6.01 Å². The lowest BCUT2D eigenvalue weighted by Gasteiger charge is -2.11. The molecule has 12 heteroatoms. The first-order valence-corrected chi connectivity index (χ1v) is 6.46. The third-order valence-electron chi connectivity index (χ3n) is 2.40. The van der Waals surface area contributed by atoms with Crippen LogP contribution in [-0.4, -0.2) is 27.7 Å². The zero-order chi connectivity index (χ0) is 18.0. The average molecular weight is 373 g/mol. The van der Waals surface area contributed by atoms with Crippen molar-refractivity contribution in [2.75, 3.05) is 11.9 Å². The molecule has 0 aliphatic rings. The summed E-state index contributed by atoms with van der Waals surface area (Å²) in [5, 5.41) is 1.90. The molecule has 0 aliphatic carbocycles. The van der Waals surface area contributed by atoms with Gasteiger partial charge in [-0.25, -0.2) is 0 Å². The van der Waals surface area contributed by atoms with Crippen LogP contribution in [0.25, 0.3) is 0 Å². The molecule has 5 nitrogen and oxygen atoms in total. The van der Waals surface area contributed by atoms with E-state index in [1.54, 1.807) is 0 Å². The van der Waals surface area contributed by atoms with E-state index in [4.69, 9.17) is 11.6 Å². The summed E-state index contributed by atoms with van der Waals surface area (Å²) in [6.45, 7) is -1.66. The summed E-state index contributed by atoms with van der Waals surface area (Å²) < 4.78 is 78.5. The van der Waals surface area contributed by atoms with Gasteiger partial charge in [-0.15, -0.1) is 0 Å². The highest BCUT2D eigenvalue weighted by molar-refractivity contribution is 6.28. The number of ether oxygens (including phenoxy) is 1. The minimum Gasteiger partial charge on any atom is -0.454 e. The molecule has 0 bridgehead atoms. The summed E-state index contributed by atoms with van der Waals surface area (Å²) in [5.41, 5.74) is -0.977. The lowest BCUT2D eigenvalue weighted by molar-refractivity contribution is -0.154. The first-order chi connectivity index (χ1) is 11.0. The smallest absolute Gasteiger partial charge is 0.422 e. The van der Waals surface area contributed by atoms with E-state index >= 15 is 0 Å². The second-order valence-corrected chi connectivity index (χ2v) is 4.66. The first kappa shape index (κ1) is 18.0. The minimum atomic E-state index is -4.62. The van der Waals surface area contributed by atoms with Crippen LogP contribution in [0.2, 0.25) is 5.28 Å². The lowest BCUT2D eigenvalue weighted by atomic mass is 10.2. The van der Waals surface area contributed by atoms with Crippen LogP contribution < -0.4 is 10.1 Å². The van der Waals surface area contributed by atoms with Crippen molar-refractivity contribution < 1.29 is 31.1 Å². The number of hydrogen-bond acceptors (Lipinski definition) is 5. The van der Waals surface area contributed by atoms with Crippen molar-refractivity contribution in [3.63, 3.8) is 0 Å². The fraction of sp³-hybridized carbons (Fsp3) is 0.250. The zero-order valence-electron chi connectivity index (χ0n) is 11.4. The Morgan fingerprint density at radius 2 is 1.75 bits per heavy atom. The van der Waals surface area contributed by atoms with Gasteiger partial charge in [0.25, 0.3) is 0 Å². The van der Waals surface area contributed by atoms with E-state index in [0.717, 1.165) is 18.2 Å². The highest BCUT2D eigenvalue weighted by Gasteiger charge is 2.31. The Balaban J connectivity index is 2.19. The molecule has 1 N–H and O–H groups in total. The van der Waals surface area contributed by atoms with Gasteiger partial charge in [0, 0.05) is 5.69 Å². The van der Waals surface area contributed by atoms with Crippen molar-refractivity contribution in [3.8, 4) is 6.01 Å². The number of nitrogens with one attached hydrogen (secondary N) is 1. The van der Waals surface area contributed by atoms with Gasteiger partial charge >= 0.3 is 18.4 Å². The number of rotatable bonds is 4. The molecule has 24 heavy (non-hydrogen) atoms. The van der Waals surface area contributed by atoms with Crippen molar-refractivity contribution in [2.45, 2.75) is 12.4 Å². The summed E-state index contributed by atoms with van der Waals surface area (Å²) in [7, 11) is 0. The van der Waals surface area contributed by atoms with Crippen LogP contribution in [0, 0.1) is 0 Å². The summed E-state index contributed by atoms with van der Waals surface area (Å²) in [6.07, 6.45) is -9.18. The Kier molecular flexibility index (Phi) is 5.02. The number of alkyl halides is 6. The number of nitrogens with zero attached hydrogens (tertiary/aromatic N) is 3. The summed E-state index contributed by atoms with van der Waals surface area (Å²) in [6, 6.07) is 3.32. The maximum absolute atomic E-state index is 12.6. The number of aromatic nitrogens is 3. The molecule has 1 heterocycles. The van der Waals surface area contributed by atoms with Crippen LogP contribution in [0.3, 0.4) is 0 Å². The summed E-state index contributed by atoms with van der Waals surface area (Å²) >= 11 is 5.53. The van der Waals surface area contributed by atoms with E-state index in [0.29, 0.717) is 0 Å². The Morgan fingerprint density at radius 1 is 1.04 bits per heavy atom. The van der Waals surface area contributed by atoms with Crippen LogP contribution in [0.4, 0.5) is 38.0 Å². The number of benzene rings is 1. The second kappa shape index (κ2) is 6.67. The molecule has 0 spiro atoms. The molecular weight excluding hydrogens is 366 g/mol. The summed E-state index contributed by atoms with van der Waals surface area (Å²) in [5.74, 6) is -0.369. The van der Waals surface area contributed by atoms with E-state index in [9.17, 15) is 26.3 Å². The molecule has 0 radical (unpaired) electrons. The molecule has 2 rings (SSSR count). The Morgan fingerprint density at radius 3 is 2.38 bits per heavy atom. The molecule has 0 amide bonds. The van der Waals surface area contributed by atoms with Crippen LogP contribution in [0.15, 0.2) is 24.3 Å². The Labute approximate surface area is 135 Å². The predicted octanol–water partition coefficient (Wildman–Crippen LogP) is 4.23. The fourth-order valence-corrected chi connectivity index (χ4v) is 1.65. The molecule has 130 valence electrons. The number of halogens is 7. The van der Waals surface area contributed by atoms with Crippen molar-refractivity contribution >= 4 is 23.2 Å². The van der Waals surface area contributed by atoms with Gasteiger partial charge in [0.2, 0.25) is 11.2 Å². The Bertz CT molecular complexity index is 721. The maximum atomic E-state index is 12.6. The maximum Gasteiger partial charge on any atom is 0.422 e. The van der Waals surface area contributed by atoms with Crippen LogP contribution in [-0.2, 0) is 6.18 Å². The van der Waals surface area contributed by atoms with Gasteiger partial charge in [-0.05, 0) is 29.8 Å².